The third kappa shape index (κ3) is 3.73. The van der Waals surface area contributed by atoms with E-state index in [0.29, 0.717) is 6.61 Å². The molecule has 2 rings (SSSR count). The Labute approximate surface area is 104 Å². The van der Waals surface area contributed by atoms with Crippen LogP contribution in [0.15, 0.2) is 22.9 Å². The average molecular weight is 287 g/mol. The Bertz CT molecular complexity index is 330. The van der Waals surface area contributed by atoms with E-state index in [0.717, 1.165) is 43.2 Å². The van der Waals surface area contributed by atoms with Crippen LogP contribution >= 0.6 is 15.9 Å². The van der Waals surface area contributed by atoms with Crippen molar-refractivity contribution in [1.82, 2.24) is 9.88 Å². The van der Waals surface area contributed by atoms with E-state index in [4.69, 9.17) is 9.47 Å². The molecule has 0 amide bonds. The van der Waals surface area contributed by atoms with Gasteiger partial charge in [-0.25, -0.2) is 4.98 Å². The molecule has 0 N–H and O–H groups in total. The zero-order valence-corrected chi connectivity index (χ0v) is 10.6. The SMILES string of the molecule is Brc1cc(OCCN2CCOCC2)ccn1. The van der Waals surface area contributed by atoms with Gasteiger partial charge in [-0.15, -0.1) is 0 Å². The minimum Gasteiger partial charge on any atom is -0.492 e. The van der Waals surface area contributed by atoms with Gasteiger partial charge in [0.15, 0.2) is 0 Å². The summed E-state index contributed by atoms with van der Waals surface area (Å²) in [4.78, 5) is 6.39. The highest BCUT2D eigenvalue weighted by molar-refractivity contribution is 9.10. The van der Waals surface area contributed by atoms with Gasteiger partial charge >= 0.3 is 0 Å². The Balaban J connectivity index is 1.71. The molecule has 0 spiro atoms. The fraction of sp³-hybridized carbons (Fsp3) is 0.545. The number of pyridine rings is 1. The topological polar surface area (TPSA) is 34.6 Å². The predicted molar refractivity (Wildman–Crippen MR) is 64.7 cm³/mol. The smallest absolute Gasteiger partial charge is 0.123 e. The highest BCUT2D eigenvalue weighted by atomic mass is 79.9. The Kier molecular flexibility index (Phi) is 4.56. The molecule has 0 radical (unpaired) electrons. The largest absolute Gasteiger partial charge is 0.492 e. The molecule has 1 saturated heterocycles. The molecule has 0 saturated carbocycles. The molecule has 0 atom stereocenters. The van der Waals surface area contributed by atoms with Gasteiger partial charge in [0.1, 0.15) is 17.0 Å². The first-order valence-corrected chi connectivity index (χ1v) is 6.18. The molecule has 1 aliphatic rings. The minimum absolute atomic E-state index is 0.705. The summed E-state index contributed by atoms with van der Waals surface area (Å²) in [6.45, 7) is 5.33. The molecule has 1 aliphatic heterocycles. The van der Waals surface area contributed by atoms with Crippen LogP contribution < -0.4 is 4.74 Å². The number of ether oxygens (including phenoxy) is 2. The van der Waals surface area contributed by atoms with Crippen molar-refractivity contribution in [1.29, 1.82) is 0 Å². The van der Waals surface area contributed by atoms with Gasteiger partial charge in [-0.2, -0.15) is 0 Å². The van der Waals surface area contributed by atoms with Gasteiger partial charge in [-0.1, -0.05) is 0 Å². The summed E-state index contributed by atoms with van der Waals surface area (Å²) in [6.07, 6.45) is 1.73. The lowest BCUT2D eigenvalue weighted by Crippen LogP contribution is -2.38. The number of hydrogen-bond donors (Lipinski definition) is 0. The standard InChI is InChI=1S/C11H15BrN2O2/c12-11-9-10(1-2-13-11)16-8-5-14-3-6-15-7-4-14/h1-2,9H,3-8H2. The summed E-state index contributed by atoms with van der Waals surface area (Å²) < 4.78 is 11.7. The van der Waals surface area contributed by atoms with Crippen LogP contribution in [0.2, 0.25) is 0 Å². The Hall–Kier alpha value is -0.650. The number of hydrogen-bond acceptors (Lipinski definition) is 4. The molecule has 4 nitrogen and oxygen atoms in total. The van der Waals surface area contributed by atoms with Crippen molar-refractivity contribution in [3.8, 4) is 5.75 Å². The molecular weight excluding hydrogens is 272 g/mol. The molecule has 0 aliphatic carbocycles. The van der Waals surface area contributed by atoms with Crippen LogP contribution in [0.1, 0.15) is 0 Å². The van der Waals surface area contributed by atoms with Gasteiger partial charge in [0.05, 0.1) is 13.2 Å². The molecule has 16 heavy (non-hydrogen) atoms. The first-order valence-electron chi connectivity index (χ1n) is 5.39. The van der Waals surface area contributed by atoms with Gasteiger partial charge in [-0.05, 0) is 22.0 Å². The van der Waals surface area contributed by atoms with Crippen molar-refractivity contribution in [2.75, 3.05) is 39.5 Å². The summed E-state index contributed by atoms with van der Waals surface area (Å²) in [5, 5.41) is 0. The fourth-order valence-corrected chi connectivity index (χ4v) is 1.94. The van der Waals surface area contributed by atoms with Crippen LogP contribution in [-0.2, 0) is 4.74 Å². The predicted octanol–water partition coefficient (Wildman–Crippen LogP) is 1.56. The van der Waals surface area contributed by atoms with Crippen molar-refractivity contribution < 1.29 is 9.47 Å². The molecule has 1 aromatic heterocycles. The van der Waals surface area contributed by atoms with Gasteiger partial charge in [-0.3, -0.25) is 4.90 Å². The lowest BCUT2D eigenvalue weighted by Gasteiger charge is -2.26. The molecule has 5 heteroatoms. The minimum atomic E-state index is 0.705. The van der Waals surface area contributed by atoms with E-state index >= 15 is 0 Å². The van der Waals surface area contributed by atoms with E-state index in [1.165, 1.54) is 0 Å². The second kappa shape index (κ2) is 6.18. The van der Waals surface area contributed by atoms with Crippen LogP contribution in [0.3, 0.4) is 0 Å². The maximum absolute atomic E-state index is 5.64. The summed E-state index contributed by atoms with van der Waals surface area (Å²) in [7, 11) is 0. The van der Waals surface area contributed by atoms with E-state index in [-0.39, 0.29) is 0 Å². The van der Waals surface area contributed by atoms with Crippen LogP contribution in [0.4, 0.5) is 0 Å². The maximum Gasteiger partial charge on any atom is 0.123 e. The molecule has 0 unspecified atom stereocenters. The number of nitrogens with zero attached hydrogens (tertiary/aromatic N) is 2. The third-order valence-electron chi connectivity index (χ3n) is 2.48. The lowest BCUT2D eigenvalue weighted by atomic mass is 10.4. The average Bonchev–Trinajstić information content (AvgIpc) is 2.30. The first-order chi connectivity index (χ1) is 7.84. The van der Waals surface area contributed by atoms with Crippen molar-refractivity contribution in [2.24, 2.45) is 0 Å². The van der Waals surface area contributed by atoms with Crippen molar-refractivity contribution >= 4 is 15.9 Å². The van der Waals surface area contributed by atoms with Gasteiger partial charge in [0, 0.05) is 31.9 Å². The van der Waals surface area contributed by atoms with Gasteiger partial charge in [0.25, 0.3) is 0 Å². The number of aromatic nitrogens is 1. The Morgan fingerprint density at radius 3 is 3.00 bits per heavy atom. The first kappa shape index (κ1) is 11.8. The van der Waals surface area contributed by atoms with E-state index in [9.17, 15) is 0 Å². The Morgan fingerprint density at radius 1 is 1.44 bits per heavy atom. The summed E-state index contributed by atoms with van der Waals surface area (Å²) >= 11 is 3.31. The lowest BCUT2D eigenvalue weighted by molar-refractivity contribution is 0.0322. The number of morpholine rings is 1. The maximum atomic E-state index is 5.64. The molecule has 0 bridgehead atoms. The van der Waals surface area contributed by atoms with E-state index in [2.05, 4.69) is 25.8 Å². The van der Waals surface area contributed by atoms with Crippen LogP contribution in [-0.4, -0.2) is 49.3 Å². The third-order valence-corrected chi connectivity index (χ3v) is 2.91. The normalized spacial score (nSPS) is 17.3. The van der Waals surface area contributed by atoms with E-state index < -0.39 is 0 Å². The summed E-state index contributed by atoms with van der Waals surface area (Å²) in [5.41, 5.74) is 0. The van der Waals surface area contributed by atoms with Crippen LogP contribution in [0, 0.1) is 0 Å². The second-order valence-corrected chi connectivity index (χ2v) is 4.43. The van der Waals surface area contributed by atoms with Crippen molar-refractivity contribution in [2.45, 2.75) is 0 Å². The quantitative estimate of drug-likeness (QED) is 0.787. The van der Waals surface area contributed by atoms with E-state index in [1.807, 2.05) is 12.1 Å². The summed E-state index contributed by atoms with van der Waals surface area (Å²) in [5.74, 6) is 0.857. The molecule has 0 aromatic carbocycles. The highest BCUT2D eigenvalue weighted by Gasteiger charge is 2.09. The zero-order valence-electron chi connectivity index (χ0n) is 9.06. The van der Waals surface area contributed by atoms with Crippen molar-refractivity contribution in [3.63, 3.8) is 0 Å². The van der Waals surface area contributed by atoms with Crippen LogP contribution in [0.25, 0.3) is 0 Å². The summed E-state index contributed by atoms with van der Waals surface area (Å²) in [6, 6.07) is 3.74. The molecular formula is C11H15BrN2O2. The second-order valence-electron chi connectivity index (χ2n) is 3.62. The molecule has 2 heterocycles. The van der Waals surface area contributed by atoms with Gasteiger partial charge in [0.2, 0.25) is 0 Å². The van der Waals surface area contributed by atoms with Crippen LogP contribution in [0.5, 0.6) is 5.75 Å². The number of rotatable bonds is 4. The van der Waals surface area contributed by atoms with Gasteiger partial charge < -0.3 is 9.47 Å². The number of halogens is 1. The Morgan fingerprint density at radius 2 is 2.25 bits per heavy atom. The fourth-order valence-electron chi connectivity index (χ4n) is 1.59. The zero-order chi connectivity index (χ0) is 11.2. The monoisotopic (exact) mass is 286 g/mol. The molecule has 1 fully saturated rings. The van der Waals surface area contributed by atoms with E-state index in [1.54, 1.807) is 6.20 Å². The molecule has 88 valence electrons. The molecule has 1 aromatic rings. The highest BCUT2D eigenvalue weighted by Crippen LogP contribution is 2.14. The van der Waals surface area contributed by atoms with Crippen molar-refractivity contribution in [3.05, 3.63) is 22.9 Å².